The Morgan fingerprint density at radius 3 is 2.39 bits per heavy atom. The van der Waals surface area contributed by atoms with Gasteiger partial charge in [0.05, 0.1) is 11.3 Å². The minimum absolute atomic E-state index is 0.000437. The van der Waals surface area contributed by atoms with Gasteiger partial charge in [-0.25, -0.2) is 4.39 Å². The zero-order chi connectivity index (χ0) is 16.4. The summed E-state index contributed by atoms with van der Waals surface area (Å²) in [7, 11) is 0. The molecule has 0 aromatic heterocycles. The van der Waals surface area contributed by atoms with Gasteiger partial charge in [0, 0.05) is 6.04 Å². The molecule has 0 spiro atoms. The Balaban J connectivity index is 1.56. The van der Waals surface area contributed by atoms with Crippen molar-refractivity contribution in [3.63, 3.8) is 0 Å². The molecule has 2 N–H and O–H groups in total. The van der Waals surface area contributed by atoms with Crippen molar-refractivity contribution < 1.29 is 19.1 Å². The van der Waals surface area contributed by atoms with Crippen molar-refractivity contribution in [2.45, 2.75) is 51.0 Å². The van der Waals surface area contributed by atoms with Crippen LogP contribution in [0.1, 0.15) is 44.1 Å². The standard InChI is InChI=1S/C18H22FNO3/c19-15-4-2-1-3-13(15)11-18(9-10-18)17(23)20-14-7-5-12(6-8-14)16(21)22/h1-4,12,14H,5-11H2,(H,20,23)(H,21,22). The van der Waals surface area contributed by atoms with Gasteiger partial charge < -0.3 is 10.4 Å². The van der Waals surface area contributed by atoms with Crippen molar-refractivity contribution in [3.8, 4) is 0 Å². The quantitative estimate of drug-likeness (QED) is 0.877. The first-order valence-electron chi connectivity index (χ1n) is 8.27. The zero-order valence-corrected chi connectivity index (χ0v) is 13.1. The van der Waals surface area contributed by atoms with Crippen LogP contribution in [0.4, 0.5) is 4.39 Å². The van der Waals surface area contributed by atoms with E-state index in [4.69, 9.17) is 5.11 Å². The molecule has 0 bridgehead atoms. The highest BCUT2D eigenvalue weighted by Gasteiger charge is 2.50. The minimum atomic E-state index is -0.743. The molecule has 0 unspecified atom stereocenters. The van der Waals surface area contributed by atoms with Crippen molar-refractivity contribution >= 4 is 11.9 Å². The van der Waals surface area contributed by atoms with Crippen LogP contribution in [0, 0.1) is 17.2 Å². The largest absolute Gasteiger partial charge is 0.481 e. The summed E-state index contributed by atoms with van der Waals surface area (Å²) in [6.07, 6.45) is 4.66. The zero-order valence-electron chi connectivity index (χ0n) is 13.1. The molecular formula is C18H22FNO3. The van der Waals surface area contributed by atoms with Crippen LogP contribution in [0.25, 0.3) is 0 Å². The monoisotopic (exact) mass is 319 g/mol. The lowest BCUT2D eigenvalue weighted by Crippen LogP contribution is -2.43. The second kappa shape index (κ2) is 6.30. The molecule has 124 valence electrons. The van der Waals surface area contributed by atoms with E-state index in [1.54, 1.807) is 18.2 Å². The molecule has 0 heterocycles. The molecule has 3 rings (SSSR count). The van der Waals surface area contributed by atoms with Gasteiger partial charge in [0.25, 0.3) is 0 Å². The first-order valence-corrected chi connectivity index (χ1v) is 8.27. The lowest BCUT2D eigenvalue weighted by molar-refractivity contribution is -0.142. The number of carboxylic acid groups (broad SMARTS) is 1. The summed E-state index contributed by atoms with van der Waals surface area (Å²) in [6.45, 7) is 0. The van der Waals surface area contributed by atoms with Gasteiger partial charge in [-0.3, -0.25) is 9.59 Å². The van der Waals surface area contributed by atoms with Crippen molar-refractivity contribution in [1.82, 2.24) is 5.32 Å². The van der Waals surface area contributed by atoms with E-state index in [1.807, 2.05) is 0 Å². The average molecular weight is 319 g/mol. The van der Waals surface area contributed by atoms with Crippen LogP contribution >= 0.6 is 0 Å². The van der Waals surface area contributed by atoms with Gasteiger partial charge in [-0.1, -0.05) is 18.2 Å². The Morgan fingerprint density at radius 1 is 1.17 bits per heavy atom. The molecule has 2 aliphatic rings. The minimum Gasteiger partial charge on any atom is -0.481 e. The first kappa shape index (κ1) is 16.0. The lowest BCUT2D eigenvalue weighted by atomic mass is 9.85. The second-order valence-electron chi connectivity index (χ2n) is 6.91. The Labute approximate surface area is 135 Å². The van der Waals surface area contributed by atoms with E-state index in [-0.39, 0.29) is 23.7 Å². The number of rotatable bonds is 5. The van der Waals surface area contributed by atoms with Crippen LogP contribution in [-0.4, -0.2) is 23.0 Å². The summed E-state index contributed by atoms with van der Waals surface area (Å²) in [6, 6.07) is 6.66. The Kier molecular flexibility index (Phi) is 4.37. The van der Waals surface area contributed by atoms with Crippen LogP contribution in [-0.2, 0) is 16.0 Å². The summed E-state index contributed by atoms with van der Waals surface area (Å²) < 4.78 is 13.8. The number of carbonyl (C=O) groups is 2. The van der Waals surface area contributed by atoms with Gasteiger partial charge in [-0.2, -0.15) is 0 Å². The third-order valence-electron chi connectivity index (χ3n) is 5.23. The fourth-order valence-electron chi connectivity index (χ4n) is 3.46. The van der Waals surface area contributed by atoms with Gasteiger partial charge in [0.1, 0.15) is 5.82 Å². The predicted octanol–water partition coefficient (Wildman–Crippen LogP) is 2.91. The van der Waals surface area contributed by atoms with Gasteiger partial charge >= 0.3 is 5.97 Å². The van der Waals surface area contributed by atoms with Crippen LogP contribution in [0.15, 0.2) is 24.3 Å². The molecule has 0 atom stereocenters. The topological polar surface area (TPSA) is 66.4 Å². The smallest absolute Gasteiger partial charge is 0.306 e. The first-order chi connectivity index (χ1) is 11.0. The fraction of sp³-hybridized carbons (Fsp3) is 0.556. The fourth-order valence-corrected chi connectivity index (χ4v) is 3.46. The van der Waals surface area contributed by atoms with Crippen LogP contribution in [0.2, 0.25) is 0 Å². The molecule has 4 nitrogen and oxygen atoms in total. The van der Waals surface area contributed by atoms with Gasteiger partial charge in [-0.05, 0) is 56.6 Å². The molecule has 2 saturated carbocycles. The highest BCUT2D eigenvalue weighted by molar-refractivity contribution is 5.86. The third kappa shape index (κ3) is 3.54. The van der Waals surface area contributed by atoms with Crippen LogP contribution in [0.5, 0.6) is 0 Å². The Morgan fingerprint density at radius 2 is 1.83 bits per heavy atom. The molecule has 0 aliphatic heterocycles. The third-order valence-corrected chi connectivity index (χ3v) is 5.23. The highest BCUT2D eigenvalue weighted by Crippen LogP contribution is 2.49. The van der Waals surface area contributed by atoms with Crippen molar-refractivity contribution in [3.05, 3.63) is 35.6 Å². The maximum absolute atomic E-state index is 13.8. The molecule has 5 heteroatoms. The van der Waals surface area contributed by atoms with Crippen LogP contribution in [0.3, 0.4) is 0 Å². The van der Waals surface area contributed by atoms with Gasteiger partial charge in [0.15, 0.2) is 0 Å². The lowest BCUT2D eigenvalue weighted by Gasteiger charge is -2.28. The molecule has 2 aliphatic carbocycles. The molecule has 1 aromatic carbocycles. The molecule has 1 amide bonds. The second-order valence-corrected chi connectivity index (χ2v) is 6.91. The maximum Gasteiger partial charge on any atom is 0.306 e. The number of halogens is 1. The molecule has 0 radical (unpaired) electrons. The van der Waals surface area contributed by atoms with E-state index in [9.17, 15) is 14.0 Å². The normalized spacial score (nSPS) is 25.6. The Hall–Kier alpha value is -1.91. The van der Waals surface area contributed by atoms with E-state index < -0.39 is 11.4 Å². The van der Waals surface area contributed by atoms with Crippen LogP contribution < -0.4 is 5.32 Å². The van der Waals surface area contributed by atoms with Gasteiger partial charge in [0.2, 0.25) is 5.91 Å². The summed E-state index contributed by atoms with van der Waals surface area (Å²) >= 11 is 0. The molecular weight excluding hydrogens is 297 g/mol. The Bertz CT molecular complexity index is 604. The highest BCUT2D eigenvalue weighted by atomic mass is 19.1. The molecule has 23 heavy (non-hydrogen) atoms. The summed E-state index contributed by atoms with van der Waals surface area (Å²) in [4.78, 5) is 23.5. The number of hydrogen-bond acceptors (Lipinski definition) is 2. The number of hydrogen-bond donors (Lipinski definition) is 2. The van der Waals surface area contributed by atoms with E-state index in [1.165, 1.54) is 6.07 Å². The molecule has 1 aromatic rings. The van der Waals surface area contributed by atoms with E-state index >= 15 is 0 Å². The summed E-state index contributed by atoms with van der Waals surface area (Å²) in [5.41, 5.74) is 0.126. The van der Waals surface area contributed by atoms with Crippen molar-refractivity contribution in [2.75, 3.05) is 0 Å². The van der Waals surface area contributed by atoms with Gasteiger partial charge in [-0.15, -0.1) is 0 Å². The summed E-state index contributed by atoms with van der Waals surface area (Å²) in [5, 5.41) is 12.1. The van der Waals surface area contributed by atoms with Crippen molar-refractivity contribution in [1.29, 1.82) is 0 Å². The average Bonchev–Trinajstić information content (AvgIpc) is 3.31. The van der Waals surface area contributed by atoms with E-state index in [0.29, 0.717) is 37.7 Å². The number of aliphatic carboxylic acids is 1. The van der Waals surface area contributed by atoms with E-state index in [2.05, 4.69) is 5.32 Å². The number of nitrogens with one attached hydrogen (secondary N) is 1. The number of carbonyl (C=O) groups excluding carboxylic acids is 1. The summed E-state index contributed by atoms with van der Waals surface area (Å²) in [5.74, 6) is -1.28. The SMILES string of the molecule is O=C(O)C1CCC(NC(=O)C2(Cc3ccccc3F)CC2)CC1. The number of carboxylic acids is 1. The van der Waals surface area contributed by atoms with E-state index in [0.717, 1.165) is 12.8 Å². The predicted molar refractivity (Wildman–Crippen MR) is 83.3 cm³/mol. The molecule has 2 fully saturated rings. The number of amides is 1. The van der Waals surface area contributed by atoms with Crippen molar-refractivity contribution in [2.24, 2.45) is 11.3 Å². The maximum atomic E-state index is 13.8. The molecule has 0 saturated heterocycles. The number of benzene rings is 1.